The van der Waals surface area contributed by atoms with Crippen molar-refractivity contribution in [1.82, 2.24) is 16.1 Å². The van der Waals surface area contributed by atoms with Gasteiger partial charge < -0.3 is 16.4 Å². The number of amides is 4. The van der Waals surface area contributed by atoms with E-state index in [1.807, 2.05) is 57.2 Å². The van der Waals surface area contributed by atoms with Gasteiger partial charge in [-0.3, -0.25) is 24.4 Å². The van der Waals surface area contributed by atoms with E-state index in [-0.39, 0.29) is 12.3 Å². The predicted molar refractivity (Wildman–Crippen MR) is 138 cm³/mol. The highest BCUT2D eigenvalue weighted by Crippen LogP contribution is 2.28. The van der Waals surface area contributed by atoms with Crippen molar-refractivity contribution >= 4 is 34.4 Å². The highest BCUT2D eigenvalue weighted by atomic mass is 16.5. The zero-order valence-corrected chi connectivity index (χ0v) is 21.5. The number of carbonyl (C=O) groups is 4. The Morgan fingerprint density at radius 2 is 1.72 bits per heavy atom. The number of hydrogen-bond acceptors (Lipinski definition) is 5. The van der Waals surface area contributed by atoms with E-state index in [0.29, 0.717) is 24.8 Å². The summed E-state index contributed by atoms with van der Waals surface area (Å²) in [6.45, 7) is 7.24. The van der Waals surface area contributed by atoms with E-state index in [1.54, 1.807) is 18.5 Å². The third kappa shape index (κ3) is 7.04. The molecule has 4 amide bonds. The van der Waals surface area contributed by atoms with Crippen LogP contribution in [0.5, 0.6) is 0 Å². The summed E-state index contributed by atoms with van der Waals surface area (Å²) in [6, 6.07) is 12.1. The van der Waals surface area contributed by atoms with E-state index < -0.39 is 41.1 Å². The van der Waals surface area contributed by atoms with Crippen molar-refractivity contribution in [2.45, 2.75) is 71.4 Å². The molecule has 0 spiro atoms. The molecule has 2 aromatic carbocycles. The molecule has 0 aliphatic rings. The van der Waals surface area contributed by atoms with Gasteiger partial charge in [0.05, 0.1) is 0 Å². The van der Waals surface area contributed by atoms with Crippen molar-refractivity contribution in [3.63, 3.8) is 0 Å². The van der Waals surface area contributed by atoms with Crippen LogP contribution < -0.4 is 21.8 Å². The Labute approximate surface area is 212 Å². The van der Waals surface area contributed by atoms with Gasteiger partial charge in [-0.15, -0.1) is 0 Å². The van der Waals surface area contributed by atoms with Crippen molar-refractivity contribution in [2.75, 3.05) is 0 Å². The zero-order valence-electron chi connectivity index (χ0n) is 21.5. The molecule has 4 atom stereocenters. The molecule has 0 heterocycles. The molecule has 2 aromatic rings. The molecular weight excluding hydrogens is 460 g/mol. The minimum Gasteiger partial charge on any atom is -0.368 e. The Hall–Kier alpha value is -3.46. The number of nitrogens with one attached hydrogen (secondary N) is 3. The summed E-state index contributed by atoms with van der Waals surface area (Å²) in [6.07, 6.45) is 2.29. The van der Waals surface area contributed by atoms with Gasteiger partial charge in [-0.05, 0) is 41.7 Å². The molecule has 0 aliphatic carbocycles. The van der Waals surface area contributed by atoms with Gasteiger partial charge >= 0.3 is 0 Å². The average Bonchev–Trinajstić information content (AvgIpc) is 2.87. The normalized spacial score (nSPS) is 15.2. The standard InChI is InChI=1S/C27H38N4O5/c1-5-7-10-20(16-22(32)31-36)25(34)30-27(4,26(35)29-23(24(28)33)17(3)6-2)21-14-13-18-11-8-9-12-19(18)15-21/h8-9,11-15,17,20,23,36H,5-7,10,16H2,1-4H3,(H2,28,33)(H,29,35)(H,30,34)(H,31,32)/t17-,20+,23-,27-/m0/s1. The predicted octanol–water partition coefficient (Wildman–Crippen LogP) is 2.89. The van der Waals surface area contributed by atoms with Crippen molar-refractivity contribution < 1.29 is 24.4 Å². The second-order valence-electron chi connectivity index (χ2n) is 9.49. The summed E-state index contributed by atoms with van der Waals surface area (Å²) >= 11 is 0. The lowest BCUT2D eigenvalue weighted by molar-refractivity contribution is -0.139. The molecule has 0 saturated carbocycles. The third-order valence-corrected chi connectivity index (χ3v) is 6.79. The van der Waals surface area contributed by atoms with Gasteiger partial charge in [-0.1, -0.05) is 76.4 Å². The van der Waals surface area contributed by atoms with Crippen LogP contribution in [0.1, 0.15) is 65.4 Å². The number of rotatable bonds is 13. The molecule has 9 nitrogen and oxygen atoms in total. The number of carbonyl (C=O) groups excluding carboxylic acids is 4. The average molecular weight is 499 g/mol. The van der Waals surface area contributed by atoms with Crippen LogP contribution in [0, 0.1) is 11.8 Å². The summed E-state index contributed by atoms with van der Waals surface area (Å²) in [5.74, 6) is -3.41. The molecule has 0 bridgehead atoms. The van der Waals surface area contributed by atoms with Crippen molar-refractivity contribution in [3.8, 4) is 0 Å². The van der Waals surface area contributed by atoms with Crippen molar-refractivity contribution in [3.05, 3.63) is 48.0 Å². The third-order valence-electron chi connectivity index (χ3n) is 6.79. The van der Waals surface area contributed by atoms with Gasteiger partial charge in [-0.2, -0.15) is 0 Å². The SMILES string of the molecule is CCCC[C@H](CC(=O)NO)C(=O)N[C@](C)(C(=O)N[C@H](C(N)=O)[C@@H](C)CC)c1ccc2ccccc2c1. The van der Waals surface area contributed by atoms with Crippen LogP contribution in [0.25, 0.3) is 10.8 Å². The van der Waals surface area contributed by atoms with Crippen molar-refractivity contribution in [1.29, 1.82) is 0 Å². The monoisotopic (exact) mass is 498 g/mol. The van der Waals surface area contributed by atoms with Gasteiger partial charge in [0.15, 0.2) is 0 Å². The smallest absolute Gasteiger partial charge is 0.250 e. The summed E-state index contributed by atoms with van der Waals surface area (Å²) in [7, 11) is 0. The Balaban J connectivity index is 2.51. The molecule has 9 heteroatoms. The summed E-state index contributed by atoms with van der Waals surface area (Å²) < 4.78 is 0. The lowest BCUT2D eigenvalue weighted by Crippen LogP contribution is -2.60. The maximum atomic E-state index is 13.7. The maximum Gasteiger partial charge on any atom is 0.250 e. The molecular formula is C27H38N4O5. The number of hydrogen-bond donors (Lipinski definition) is 5. The fraction of sp³-hybridized carbons (Fsp3) is 0.481. The van der Waals surface area contributed by atoms with Crippen LogP contribution in [0.3, 0.4) is 0 Å². The Kier molecular flexibility index (Phi) is 10.4. The number of hydroxylamine groups is 1. The van der Waals surface area contributed by atoms with Crippen LogP contribution in [-0.2, 0) is 24.7 Å². The molecule has 0 unspecified atom stereocenters. The van der Waals surface area contributed by atoms with Crippen LogP contribution in [0.2, 0.25) is 0 Å². The molecule has 196 valence electrons. The van der Waals surface area contributed by atoms with E-state index in [4.69, 9.17) is 10.9 Å². The lowest BCUT2D eigenvalue weighted by Gasteiger charge is -2.34. The molecule has 36 heavy (non-hydrogen) atoms. The minimum absolute atomic E-state index is 0.214. The van der Waals surface area contributed by atoms with Gasteiger partial charge in [0, 0.05) is 12.3 Å². The molecule has 6 N–H and O–H groups in total. The fourth-order valence-corrected chi connectivity index (χ4v) is 4.17. The molecule has 0 radical (unpaired) electrons. The second-order valence-corrected chi connectivity index (χ2v) is 9.49. The van der Waals surface area contributed by atoms with Gasteiger partial charge in [0.25, 0.3) is 5.91 Å². The fourth-order valence-electron chi connectivity index (χ4n) is 4.17. The van der Waals surface area contributed by atoms with E-state index in [0.717, 1.165) is 17.2 Å². The number of benzene rings is 2. The van der Waals surface area contributed by atoms with Gasteiger partial charge in [-0.25, -0.2) is 5.48 Å². The Bertz CT molecular complexity index is 1090. The summed E-state index contributed by atoms with van der Waals surface area (Å²) in [5.41, 5.74) is 6.10. The molecule has 2 rings (SSSR count). The highest BCUT2D eigenvalue weighted by molar-refractivity contribution is 5.97. The maximum absolute atomic E-state index is 13.7. The van der Waals surface area contributed by atoms with E-state index in [9.17, 15) is 19.2 Å². The zero-order chi connectivity index (χ0) is 26.9. The van der Waals surface area contributed by atoms with Crippen LogP contribution in [0.15, 0.2) is 42.5 Å². The number of nitrogens with two attached hydrogens (primary N) is 1. The summed E-state index contributed by atoms with van der Waals surface area (Å²) in [5, 5.41) is 16.4. The second kappa shape index (κ2) is 13.0. The van der Waals surface area contributed by atoms with Crippen LogP contribution in [0.4, 0.5) is 0 Å². The highest BCUT2D eigenvalue weighted by Gasteiger charge is 2.41. The van der Waals surface area contributed by atoms with Crippen molar-refractivity contribution in [2.24, 2.45) is 17.6 Å². The first-order chi connectivity index (χ1) is 17.1. The minimum atomic E-state index is -1.57. The van der Waals surface area contributed by atoms with Crippen LogP contribution >= 0.6 is 0 Å². The topological polar surface area (TPSA) is 151 Å². The number of unbranched alkanes of at least 4 members (excludes halogenated alkanes) is 1. The molecule has 0 aliphatic heterocycles. The molecule has 0 fully saturated rings. The van der Waals surface area contributed by atoms with E-state index >= 15 is 0 Å². The number of primary amides is 1. The number of fused-ring (bicyclic) bond motifs is 1. The first-order valence-corrected chi connectivity index (χ1v) is 12.4. The quantitative estimate of drug-likeness (QED) is 0.212. The van der Waals surface area contributed by atoms with E-state index in [1.165, 1.54) is 0 Å². The largest absolute Gasteiger partial charge is 0.368 e. The Morgan fingerprint density at radius 1 is 1.06 bits per heavy atom. The van der Waals surface area contributed by atoms with Gasteiger partial charge in [0.2, 0.25) is 17.7 Å². The Morgan fingerprint density at radius 3 is 2.31 bits per heavy atom. The lowest BCUT2D eigenvalue weighted by atomic mass is 9.86. The molecule has 0 saturated heterocycles. The van der Waals surface area contributed by atoms with Crippen LogP contribution in [-0.4, -0.2) is 34.9 Å². The van der Waals surface area contributed by atoms with E-state index in [2.05, 4.69) is 10.6 Å². The first-order valence-electron chi connectivity index (χ1n) is 12.4. The van der Waals surface area contributed by atoms with Gasteiger partial charge in [0.1, 0.15) is 11.6 Å². The first kappa shape index (κ1) is 28.8. The summed E-state index contributed by atoms with van der Waals surface area (Å²) in [4.78, 5) is 51.1. The molecule has 0 aromatic heterocycles.